The van der Waals surface area contributed by atoms with E-state index in [9.17, 15) is 0 Å². The van der Waals surface area contributed by atoms with E-state index in [1.807, 2.05) is 126 Å². The lowest BCUT2D eigenvalue weighted by atomic mass is 10.2. The highest BCUT2D eigenvalue weighted by Crippen LogP contribution is 2.33. The molecule has 4 aromatic rings. The van der Waals surface area contributed by atoms with Gasteiger partial charge >= 0.3 is 0 Å². The predicted octanol–water partition coefficient (Wildman–Crippen LogP) is 8.20. The molecule has 192 valence electrons. The highest BCUT2D eigenvalue weighted by Gasteiger charge is 2.35. The maximum absolute atomic E-state index is 5.03. The second-order valence-electron chi connectivity index (χ2n) is 8.16. The van der Waals surface area contributed by atoms with Crippen LogP contribution in [0.4, 0.5) is 17.1 Å². The zero-order valence-electron chi connectivity index (χ0n) is 21.3. The zero-order chi connectivity index (χ0) is 26.7. The summed E-state index contributed by atoms with van der Waals surface area (Å²) in [5.74, 6) is 1.51. The molecule has 0 bridgehead atoms. The van der Waals surface area contributed by atoms with Crippen molar-refractivity contribution in [2.45, 2.75) is 6.92 Å². The third kappa shape index (κ3) is 7.19. The highest BCUT2D eigenvalue weighted by atomic mass is 32.2. The Bertz CT molecular complexity index is 1520. The van der Waals surface area contributed by atoms with Crippen molar-refractivity contribution >= 4 is 68.0 Å². The molecule has 0 aliphatic carbocycles. The van der Waals surface area contributed by atoms with E-state index in [2.05, 4.69) is 17.1 Å². The van der Waals surface area contributed by atoms with Gasteiger partial charge in [-0.25, -0.2) is 9.98 Å². The van der Waals surface area contributed by atoms with E-state index in [1.165, 1.54) is 23.5 Å². The average Bonchev–Trinajstić information content (AvgIpc) is 3.30. The number of hydrogen-bond acceptors (Lipinski definition) is 6. The molecule has 1 saturated heterocycles. The van der Waals surface area contributed by atoms with Crippen LogP contribution in [0, 0.1) is 0 Å². The van der Waals surface area contributed by atoms with Gasteiger partial charge in [0.15, 0.2) is 11.0 Å². The fraction of sp³-hybridized carbons (Fsp3) is 0.0645. The Morgan fingerprint density at radius 3 is 1.92 bits per heavy atom. The van der Waals surface area contributed by atoms with Gasteiger partial charge in [0.2, 0.25) is 5.17 Å². The minimum Gasteiger partial charge on any atom is -0.271 e. The predicted molar refractivity (Wildman–Crippen MR) is 171 cm³/mol. The van der Waals surface area contributed by atoms with Gasteiger partial charge in [-0.05, 0) is 59.5 Å². The molecular weight excluding hydrogens is 521 g/mol. The molecule has 0 unspecified atom stereocenters. The van der Waals surface area contributed by atoms with Gasteiger partial charge in [-0.1, -0.05) is 104 Å². The van der Waals surface area contributed by atoms with Crippen LogP contribution in [-0.4, -0.2) is 33.2 Å². The third-order valence-electron chi connectivity index (χ3n) is 5.39. The fourth-order valence-electron chi connectivity index (χ4n) is 3.64. The number of anilines is 1. The largest absolute Gasteiger partial charge is 0.271 e. The summed E-state index contributed by atoms with van der Waals surface area (Å²) in [6, 6.07) is 39.8. The first-order valence-electron chi connectivity index (χ1n) is 12.5. The Morgan fingerprint density at radius 2 is 1.31 bits per heavy atom. The molecule has 0 saturated carbocycles. The summed E-state index contributed by atoms with van der Waals surface area (Å²) < 4.78 is 0. The molecule has 8 heteroatoms. The summed E-state index contributed by atoms with van der Waals surface area (Å²) >= 11 is 3.00. The van der Waals surface area contributed by atoms with Crippen molar-refractivity contribution < 1.29 is 0 Å². The van der Waals surface area contributed by atoms with Crippen molar-refractivity contribution in [1.29, 1.82) is 0 Å². The molecule has 5 rings (SSSR count). The number of hydrogen-bond donors (Lipinski definition) is 0. The number of aliphatic imine (C=N–C) groups is 3. The van der Waals surface area contributed by atoms with Crippen molar-refractivity contribution in [2.24, 2.45) is 25.2 Å². The zero-order valence-corrected chi connectivity index (χ0v) is 23.0. The smallest absolute Gasteiger partial charge is 0.211 e. The third-order valence-corrected chi connectivity index (χ3v) is 7.03. The molecule has 39 heavy (non-hydrogen) atoms. The molecule has 1 aliphatic rings. The minimum absolute atomic E-state index is 0.563. The van der Waals surface area contributed by atoms with Crippen molar-refractivity contribution in [1.82, 2.24) is 0 Å². The summed E-state index contributed by atoms with van der Waals surface area (Å²) in [4.78, 5) is 17.0. The topological polar surface area (TPSA) is 65.0 Å². The van der Waals surface area contributed by atoms with E-state index < -0.39 is 0 Å². The van der Waals surface area contributed by atoms with Crippen LogP contribution in [-0.2, 0) is 0 Å². The molecule has 1 aliphatic heterocycles. The van der Waals surface area contributed by atoms with Crippen molar-refractivity contribution in [2.75, 3.05) is 10.7 Å². The standard InChI is InChI=1S/C31H26N6S2/c1-2-38-30(36-32-23-24-15-7-3-8-16-24)35-31-37(27-21-13-6-14-22-27)28(33-25-17-9-4-10-18-25)29(39-31)34-26-19-11-5-12-20-26/h3-23H,2H2,1H3/b32-23-,33-28?,34-29?,35-31?,36-30+. The maximum atomic E-state index is 5.03. The van der Waals surface area contributed by atoms with Gasteiger partial charge in [0.1, 0.15) is 5.04 Å². The van der Waals surface area contributed by atoms with Crippen molar-refractivity contribution in [3.63, 3.8) is 0 Å². The van der Waals surface area contributed by atoms with Crippen LogP contribution < -0.4 is 4.90 Å². The van der Waals surface area contributed by atoms with Crippen LogP contribution in [0.1, 0.15) is 12.5 Å². The van der Waals surface area contributed by atoms with Crippen molar-refractivity contribution in [3.05, 3.63) is 127 Å². The maximum Gasteiger partial charge on any atom is 0.211 e. The van der Waals surface area contributed by atoms with Gasteiger partial charge in [0.25, 0.3) is 0 Å². The molecule has 0 N–H and O–H groups in total. The first kappa shape index (κ1) is 26.3. The van der Waals surface area contributed by atoms with E-state index in [0.29, 0.717) is 16.2 Å². The lowest BCUT2D eigenvalue weighted by Gasteiger charge is -2.18. The SMILES string of the molecule is CCS/C(N=C1SC(=Nc2ccccc2)C(=Nc2ccccc2)N1c1ccccc1)=N/N=C\c1ccccc1. The van der Waals surface area contributed by atoms with Crippen LogP contribution in [0.25, 0.3) is 0 Å². The second-order valence-corrected chi connectivity index (χ2v) is 10.3. The van der Waals surface area contributed by atoms with Gasteiger partial charge in [-0.2, -0.15) is 10.1 Å². The van der Waals surface area contributed by atoms with Gasteiger partial charge in [0, 0.05) is 5.69 Å². The van der Waals surface area contributed by atoms with Crippen LogP contribution in [0.3, 0.4) is 0 Å². The number of para-hydroxylation sites is 3. The fourth-order valence-corrected chi connectivity index (χ4v) is 5.18. The van der Waals surface area contributed by atoms with E-state index in [0.717, 1.165) is 33.4 Å². The molecule has 1 fully saturated rings. The molecule has 1 heterocycles. The van der Waals surface area contributed by atoms with Gasteiger partial charge < -0.3 is 0 Å². The molecule has 0 spiro atoms. The average molecular weight is 547 g/mol. The summed E-state index contributed by atoms with van der Waals surface area (Å²) in [7, 11) is 0. The monoisotopic (exact) mass is 546 g/mol. The molecule has 0 radical (unpaired) electrons. The molecule has 0 atom stereocenters. The molecule has 6 nitrogen and oxygen atoms in total. The lowest BCUT2D eigenvalue weighted by molar-refractivity contribution is 1.25. The van der Waals surface area contributed by atoms with E-state index in [1.54, 1.807) is 6.21 Å². The van der Waals surface area contributed by atoms with Gasteiger partial charge in [-0.3, -0.25) is 4.90 Å². The van der Waals surface area contributed by atoms with Crippen molar-refractivity contribution in [3.8, 4) is 0 Å². The molecule has 0 aromatic heterocycles. The summed E-state index contributed by atoms with van der Waals surface area (Å²) in [5.41, 5.74) is 3.59. The first-order valence-corrected chi connectivity index (χ1v) is 14.3. The molecule has 4 aromatic carbocycles. The van der Waals surface area contributed by atoms with Crippen LogP contribution in [0.15, 0.2) is 147 Å². The Balaban J connectivity index is 1.61. The van der Waals surface area contributed by atoms with Gasteiger partial charge in [-0.15, -0.1) is 5.10 Å². The Kier molecular flexibility index (Phi) is 9.12. The highest BCUT2D eigenvalue weighted by molar-refractivity contribution is 8.29. The van der Waals surface area contributed by atoms with Crippen LogP contribution in [0.2, 0.25) is 0 Å². The van der Waals surface area contributed by atoms with E-state index in [-0.39, 0.29) is 0 Å². The lowest BCUT2D eigenvalue weighted by Crippen LogP contribution is -2.31. The number of rotatable bonds is 6. The van der Waals surface area contributed by atoms with Crippen LogP contribution >= 0.6 is 23.5 Å². The van der Waals surface area contributed by atoms with E-state index >= 15 is 0 Å². The number of benzene rings is 4. The number of nitrogens with zero attached hydrogens (tertiary/aromatic N) is 6. The first-order chi connectivity index (χ1) is 19.3. The number of amidine groups is 3. The van der Waals surface area contributed by atoms with E-state index in [4.69, 9.17) is 15.0 Å². The Labute approximate surface area is 237 Å². The molecule has 0 amide bonds. The Morgan fingerprint density at radius 1 is 0.744 bits per heavy atom. The summed E-state index contributed by atoms with van der Waals surface area (Å²) in [5, 5.41) is 10.8. The molecular formula is C31H26N6S2. The summed E-state index contributed by atoms with van der Waals surface area (Å²) in [6.45, 7) is 2.07. The Hall–Kier alpha value is -4.27. The minimum atomic E-state index is 0.563. The van der Waals surface area contributed by atoms with Gasteiger partial charge in [0.05, 0.1) is 17.6 Å². The van der Waals surface area contributed by atoms with Crippen LogP contribution in [0.5, 0.6) is 0 Å². The quantitative estimate of drug-likeness (QED) is 0.139. The normalized spacial score (nSPS) is 17.1. The summed E-state index contributed by atoms with van der Waals surface area (Å²) in [6.07, 6.45) is 1.73. The number of thioether (sulfide) groups is 2. The second kappa shape index (κ2) is 13.5.